The van der Waals surface area contributed by atoms with Crippen LogP contribution in [0.15, 0.2) is 53.7 Å². The van der Waals surface area contributed by atoms with E-state index < -0.39 is 5.97 Å². The maximum absolute atomic E-state index is 10.7. The number of carbonyl (C=O) groups is 1. The average Bonchev–Trinajstić information content (AvgIpc) is 2.55. The number of rotatable bonds is 6. The summed E-state index contributed by atoms with van der Waals surface area (Å²) in [5.74, 6) is -0.832. The number of nitrogens with zero attached hydrogens (tertiary/aromatic N) is 1. The SMILES string of the molecule is C/C(=N/OCc1ccc(CC(=O)O)cc1)c1ccc(C(C)(C)C)cc1. The van der Waals surface area contributed by atoms with Crippen molar-refractivity contribution < 1.29 is 14.7 Å². The van der Waals surface area contributed by atoms with E-state index in [-0.39, 0.29) is 11.8 Å². The summed E-state index contributed by atoms with van der Waals surface area (Å²) in [6.45, 7) is 8.84. The quantitative estimate of drug-likeness (QED) is 0.620. The molecule has 1 N–H and O–H groups in total. The zero-order valence-electron chi connectivity index (χ0n) is 15.2. The van der Waals surface area contributed by atoms with E-state index >= 15 is 0 Å². The molecule has 0 atom stereocenters. The number of carboxylic acid groups (broad SMARTS) is 1. The summed E-state index contributed by atoms with van der Waals surface area (Å²) >= 11 is 0. The Bertz CT molecular complexity index is 738. The van der Waals surface area contributed by atoms with Gasteiger partial charge in [0, 0.05) is 0 Å². The molecular weight excluding hydrogens is 314 g/mol. The van der Waals surface area contributed by atoms with Gasteiger partial charge in [-0.3, -0.25) is 4.79 Å². The molecule has 0 saturated carbocycles. The van der Waals surface area contributed by atoms with Crippen molar-refractivity contribution >= 4 is 11.7 Å². The molecule has 0 fully saturated rings. The summed E-state index contributed by atoms with van der Waals surface area (Å²) in [6.07, 6.45) is 0.0307. The minimum atomic E-state index is -0.832. The monoisotopic (exact) mass is 339 g/mol. The molecule has 0 radical (unpaired) electrons. The highest BCUT2D eigenvalue weighted by atomic mass is 16.6. The first-order chi connectivity index (χ1) is 11.8. The molecule has 0 amide bonds. The van der Waals surface area contributed by atoms with Crippen LogP contribution in [0.3, 0.4) is 0 Å². The van der Waals surface area contributed by atoms with Crippen molar-refractivity contribution in [3.05, 3.63) is 70.8 Å². The van der Waals surface area contributed by atoms with Crippen molar-refractivity contribution in [2.24, 2.45) is 5.16 Å². The molecule has 4 heteroatoms. The van der Waals surface area contributed by atoms with Crippen LogP contribution in [0.2, 0.25) is 0 Å². The fraction of sp³-hybridized carbons (Fsp3) is 0.333. The van der Waals surface area contributed by atoms with Gasteiger partial charge in [-0.25, -0.2) is 0 Å². The molecule has 0 aliphatic carbocycles. The third kappa shape index (κ3) is 5.75. The number of aliphatic carboxylic acids is 1. The first-order valence-corrected chi connectivity index (χ1v) is 8.33. The van der Waals surface area contributed by atoms with Crippen LogP contribution in [-0.4, -0.2) is 16.8 Å². The Morgan fingerprint density at radius 3 is 2.08 bits per heavy atom. The van der Waals surface area contributed by atoms with Crippen LogP contribution in [0.4, 0.5) is 0 Å². The minimum absolute atomic E-state index is 0.0307. The Labute approximate surface area is 149 Å². The Kier molecular flexibility index (Phi) is 5.97. The predicted molar refractivity (Wildman–Crippen MR) is 99.9 cm³/mol. The van der Waals surface area contributed by atoms with E-state index in [2.05, 4.69) is 50.2 Å². The summed E-state index contributed by atoms with van der Waals surface area (Å²) in [4.78, 5) is 16.1. The van der Waals surface area contributed by atoms with E-state index in [0.29, 0.717) is 6.61 Å². The maximum atomic E-state index is 10.7. The lowest BCUT2D eigenvalue weighted by molar-refractivity contribution is -0.136. The topological polar surface area (TPSA) is 58.9 Å². The normalized spacial score (nSPS) is 12.1. The number of benzene rings is 2. The van der Waals surface area contributed by atoms with Crippen molar-refractivity contribution in [2.75, 3.05) is 0 Å². The first kappa shape index (κ1) is 18.7. The Morgan fingerprint density at radius 2 is 1.56 bits per heavy atom. The molecule has 0 aliphatic heterocycles. The predicted octanol–water partition coefficient (Wildman–Crippen LogP) is 4.55. The molecule has 0 saturated heterocycles. The van der Waals surface area contributed by atoms with Crippen molar-refractivity contribution in [1.82, 2.24) is 0 Å². The van der Waals surface area contributed by atoms with Gasteiger partial charge in [-0.1, -0.05) is 74.5 Å². The van der Waals surface area contributed by atoms with Crippen LogP contribution >= 0.6 is 0 Å². The van der Waals surface area contributed by atoms with Gasteiger partial charge in [-0.15, -0.1) is 0 Å². The summed E-state index contributed by atoms with van der Waals surface area (Å²) in [6, 6.07) is 15.7. The smallest absolute Gasteiger partial charge is 0.307 e. The van der Waals surface area contributed by atoms with Crippen LogP contribution in [0, 0.1) is 0 Å². The van der Waals surface area contributed by atoms with Crippen molar-refractivity contribution in [1.29, 1.82) is 0 Å². The van der Waals surface area contributed by atoms with Gasteiger partial charge < -0.3 is 9.94 Å². The molecule has 25 heavy (non-hydrogen) atoms. The second-order valence-corrected chi connectivity index (χ2v) is 7.16. The van der Waals surface area contributed by atoms with Crippen LogP contribution in [0.25, 0.3) is 0 Å². The van der Waals surface area contributed by atoms with Crippen molar-refractivity contribution in [3.8, 4) is 0 Å². The highest BCUT2D eigenvalue weighted by molar-refractivity contribution is 5.98. The number of carboxylic acids is 1. The summed E-state index contributed by atoms with van der Waals surface area (Å²) in [7, 11) is 0. The molecule has 4 nitrogen and oxygen atoms in total. The van der Waals surface area contributed by atoms with E-state index in [1.807, 2.05) is 19.1 Å². The lowest BCUT2D eigenvalue weighted by Gasteiger charge is -2.19. The lowest BCUT2D eigenvalue weighted by atomic mass is 9.86. The molecular formula is C21H25NO3. The zero-order chi connectivity index (χ0) is 18.4. The molecule has 132 valence electrons. The molecule has 0 spiro atoms. The van der Waals surface area contributed by atoms with Crippen LogP contribution in [0.1, 0.15) is 49.9 Å². The summed E-state index contributed by atoms with van der Waals surface area (Å²) < 4.78 is 0. The largest absolute Gasteiger partial charge is 0.481 e. The molecule has 0 heterocycles. The van der Waals surface area contributed by atoms with Gasteiger partial charge in [0.05, 0.1) is 12.1 Å². The lowest BCUT2D eigenvalue weighted by Crippen LogP contribution is -2.11. The molecule has 0 aliphatic rings. The number of hydrogen-bond donors (Lipinski definition) is 1. The minimum Gasteiger partial charge on any atom is -0.481 e. The third-order valence-corrected chi connectivity index (χ3v) is 3.98. The fourth-order valence-corrected chi connectivity index (χ4v) is 2.40. The molecule has 2 aromatic carbocycles. The van der Waals surface area contributed by atoms with Gasteiger partial charge in [0.25, 0.3) is 0 Å². The van der Waals surface area contributed by atoms with E-state index in [4.69, 9.17) is 9.94 Å². The molecule has 0 unspecified atom stereocenters. The van der Waals surface area contributed by atoms with Gasteiger partial charge in [-0.2, -0.15) is 0 Å². The van der Waals surface area contributed by atoms with Crippen LogP contribution in [0.5, 0.6) is 0 Å². The number of hydrogen-bond acceptors (Lipinski definition) is 3. The highest BCUT2D eigenvalue weighted by Gasteiger charge is 2.13. The Hall–Kier alpha value is -2.62. The van der Waals surface area contributed by atoms with Crippen LogP contribution < -0.4 is 0 Å². The van der Waals surface area contributed by atoms with E-state index in [1.165, 1.54) is 5.56 Å². The second-order valence-electron chi connectivity index (χ2n) is 7.16. The molecule has 0 bridgehead atoms. The first-order valence-electron chi connectivity index (χ1n) is 8.33. The zero-order valence-corrected chi connectivity index (χ0v) is 15.2. The van der Waals surface area contributed by atoms with Gasteiger partial charge in [0.2, 0.25) is 0 Å². The summed E-state index contributed by atoms with van der Waals surface area (Å²) in [5, 5.41) is 12.9. The van der Waals surface area contributed by atoms with E-state index in [9.17, 15) is 4.79 Å². The number of oxime groups is 1. The molecule has 2 rings (SSSR count). The molecule has 2 aromatic rings. The van der Waals surface area contributed by atoms with Gasteiger partial charge >= 0.3 is 5.97 Å². The van der Waals surface area contributed by atoms with Gasteiger partial charge in [0.15, 0.2) is 0 Å². The van der Waals surface area contributed by atoms with Gasteiger partial charge in [-0.05, 0) is 34.6 Å². The van der Waals surface area contributed by atoms with E-state index in [0.717, 1.165) is 22.4 Å². The van der Waals surface area contributed by atoms with Crippen molar-refractivity contribution in [2.45, 2.75) is 46.1 Å². The standard InChI is InChI=1S/C21H25NO3/c1-15(18-9-11-19(12-10-18)21(2,3)4)22-25-14-17-7-5-16(6-8-17)13-20(23)24/h5-12H,13-14H2,1-4H3,(H,23,24)/b22-15-. The van der Waals surface area contributed by atoms with E-state index in [1.54, 1.807) is 12.1 Å². The highest BCUT2D eigenvalue weighted by Crippen LogP contribution is 2.22. The van der Waals surface area contributed by atoms with Crippen LogP contribution in [-0.2, 0) is 28.1 Å². The second kappa shape index (κ2) is 7.97. The van der Waals surface area contributed by atoms with Gasteiger partial charge in [0.1, 0.15) is 6.61 Å². The maximum Gasteiger partial charge on any atom is 0.307 e. The average molecular weight is 339 g/mol. The fourth-order valence-electron chi connectivity index (χ4n) is 2.40. The summed E-state index contributed by atoms with van der Waals surface area (Å²) in [5.41, 5.74) is 5.00. The Balaban J connectivity index is 1.94. The van der Waals surface area contributed by atoms with Crippen molar-refractivity contribution in [3.63, 3.8) is 0 Å². The molecule has 0 aromatic heterocycles. The Morgan fingerprint density at radius 1 is 1.00 bits per heavy atom. The third-order valence-electron chi connectivity index (χ3n) is 3.98.